The number of hydrogen-bond donors (Lipinski definition) is 0. The number of carbonyl (C=O) groups is 7. The maximum Gasteiger partial charge on any atom is 0.341 e. The number of hydrogen-bond acceptors (Lipinski definition) is 16. The summed E-state index contributed by atoms with van der Waals surface area (Å²) in [6, 6.07) is 13.8. The minimum atomic E-state index is -0.812. The molecule has 0 saturated heterocycles. The Labute approximate surface area is 377 Å². The molecule has 16 nitrogen and oxygen atoms in total. The molecule has 0 N–H and O–H groups in total. The van der Waals surface area contributed by atoms with Gasteiger partial charge in [-0.2, -0.15) is 0 Å². The van der Waals surface area contributed by atoms with Crippen LogP contribution in [0.5, 0.6) is 34.5 Å². The number of esters is 7. The predicted molar refractivity (Wildman–Crippen MR) is 231 cm³/mol. The SMILES string of the molecule is C=CC(=O)OCOc1ccc(OC(=O)C2CCC(C(=O)Oc3ccc(OC(=O)C4CCC(C(=O)Oc5ccc(OCOC(=O)C=C)c(C(C)(C)C)c5)CC4)cc3C(=O)OC)CC2)cc1C. The van der Waals surface area contributed by atoms with Gasteiger partial charge in [-0.3, -0.25) is 19.2 Å². The Morgan fingerprint density at radius 2 is 0.938 bits per heavy atom. The number of methoxy groups -OCH3 is 1. The second-order valence-electron chi connectivity index (χ2n) is 16.6. The zero-order valence-corrected chi connectivity index (χ0v) is 37.2. The molecule has 3 aromatic rings. The maximum atomic E-state index is 13.3. The molecule has 0 aromatic heterocycles. The van der Waals surface area contributed by atoms with Gasteiger partial charge in [0.25, 0.3) is 0 Å². The standard InChI is InChI=1S/C49H54O16/c1-8-42(50)60-27-58-39-21-18-34(24-29(39)3)62-44(52)30-14-16-33(17-15-30)47(55)65-40-22-19-35(25-37(40)48(56)57-7)63-45(53)31-10-12-32(13-11-31)46(54)64-36-20-23-41(38(26-36)49(4,5)6)59-28-61-43(51)9-2/h8-9,18-26,30-33H,1-2,10-17,27-28H2,3-7H3. The summed E-state index contributed by atoms with van der Waals surface area (Å²) in [5.74, 6) is -4.49. The lowest BCUT2D eigenvalue weighted by Crippen LogP contribution is -2.31. The first-order chi connectivity index (χ1) is 31.0. The van der Waals surface area contributed by atoms with Crippen molar-refractivity contribution in [2.24, 2.45) is 23.7 Å². The van der Waals surface area contributed by atoms with Crippen LogP contribution in [-0.2, 0) is 48.4 Å². The molecule has 0 aliphatic heterocycles. The van der Waals surface area contributed by atoms with E-state index in [-0.39, 0.29) is 30.6 Å². The Morgan fingerprint density at radius 3 is 1.35 bits per heavy atom. The second-order valence-corrected chi connectivity index (χ2v) is 16.6. The van der Waals surface area contributed by atoms with Crippen molar-refractivity contribution in [3.8, 4) is 34.5 Å². The van der Waals surface area contributed by atoms with Crippen molar-refractivity contribution in [1.82, 2.24) is 0 Å². The molecule has 0 spiro atoms. The molecule has 0 bridgehead atoms. The summed E-state index contributed by atoms with van der Waals surface area (Å²) in [7, 11) is 1.17. The van der Waals surface area contributed by atoms with Gasteiger partial charge in [-0.15, -0.1) is 0 Å². The van der Waals surface area contributed by atoms with E-state index in [0.717, 1.165) is 17.7 Å². The van der Waals surface area contributed by atoms with Gasteiger partial charge in [0.2, 0.25) is 13.6 Å². The number of carbonyl (C=O) groups excluding carboxylic acids is 7. The van der Waals surface area contributed by atoms with E-state index in [2.05, 4.69) is 13.2 Å². The predicted octanol–water partition coefficient (Wildman–Crippen LogP) is 7.84. The van der Waals surface area contributed by atoms with Crippen molar-refractivity contribution < 1.29 is 76.2 Å². The van der Waals surface area contributed by atoms with E-state index in [4.69, 9.17) is 42.6 Å². The maximum absolute atomic E-state index is 13.3. The largest absolute Gasteiger partial charge is 0.465 e. The van der Waals surface area contributed by atoms with Crippen molar-refractivity contribution in [1.29, 1.82) is 0 Å². The van der Waals surface area contributed by atoms with E-state index < -0.39 is 70.9 Å². The van der Waals surface area contributed by atoms with Crippen LogP contribution >= 0.6 is 0 Å². The van der Waals surface area contributed by atoms with Crippen LogP contribution in [0.3, 0.4) is 0 Å². The van der Waals surface area contributed by atoms with E-state index in [0.29, 0.717) is 79.9 Å². The summed E-state index contributed by atoms with van der Waals surface area (Å²) >= 11 is 0. The molecule has 0 amide bonds. The smallest absolute Gasteiger partial charge is 0.341 e. The third kappa shape index (κ3) is 13.8. The summed E-state index contributed by atoms with van der Waals surface area (Å²) in [5, 5.41) is 0. The Bertz CT molecular complexity index is 2270. The summed E-state index contributed by atoms with van der Waals surface area (Å²) < 4.78 is 48.5. The van der Waals surface area contributed by atoms with Crippen molar-refractivity contribution >= 4 is 41.8 Å². The second kappa shape index (κ2) is 22.6. The zero-order valence-electron chi connectivity index (χ0n) is 37.2. The van der Waals surface area contributed by atoms with Crippen LogP contribution in [0, 0.1) is 30.6 Å². The van der Waals surface area contributed by atoms with Gasteiger partial charge in [-0.25, -0.2) is 14.4 Å². The molecular weight excluding hydrogens is 845 g/mol. The Hall–Kier alpha value is -6.97. The molecule has 2 fully saturated rings. The lowest BCUT2D eigenvalue weighted by Gasteiger charge is -2.27. The Kier molecular flexibility index (Phi) is 17.0. The first kappa shape index (κ1) is 49.1. The molecule has 0 unspecified atom stereocenters. The highest BCUT2D eigenvalue weighted by molar-refractivity contribution is 5.94. The lowest BCUT2D eigenvalue weighted by atomic mass is 9.82. The van der Waals surface area contributed by atoms with E-state index in [1.54, 1.807) is 43.3 Å². The Morgan fingerprint density at radius 1 is 0.554 bits per heavy atom. The summed E-state index contributed by atoms with van der Waals surface area (Å²) in [6.45, 7) is 13.7. The van der Waals surface area contributed by atoms with Gasteiger partial charge in [-0.1, -0.05) is 33.9 Å². The Balaban J connectivity index is 1.09. The monoisotopic (exact) mass is 898 g/mol. The number of aryl methyl sites for hydroxylation is 1. The van der Waals surface area contributed by atoms with Crippen LogP contribution in [0.4, 0.5) is 0 Å². The van der Waals surface area contributed by atoms with Gasteiger partial charge in [0, 0.05) is 17.7 Å². The average molecular weight is 899 g/mol. The minimum absolute atomic E-state index is 0.0445. The van der Waals surface area contributed by atoms with Gasteiger partial charge >= 0.3 is 41.8 Å². The summed E-state index contributed by atoms with van der Waals surface area (Å²) in [6.07, 6.45) is 4.98. The molecule has 2 aliphatic carbocycles. The summed E-state index contributed by atoms with van der Waals surface area (Å²) in [5.41, 5.74) is 0.875. The third-order valence-corrected chi connectivity index (χ3v) is 11.1. The normalized spacial score (nSPS) is 18.1. The van der Waals surface area contributed by atoms with Crippen LogP contribution in [-0.4, -0.2) is 62.5 Å². The van der Waals surface area contributed by atoms with Crippen molar-refractivity contribution in [3.63, 3.8) is 0 Å². The van der Waals surface area contributed by atoms with Crippen molar-refractivity contribution in [2.45, 2.75) is 84.5 Å². The number of ether oxygens (including phenoxy) is 9. The quantitative estimate of drug-likeness (QED) is 0.0416. The first-order valence-corrected chi connectivity index (χ1v) is 21.2. The summed E-state index contributed by atoms with van der Waals surface area (Å²) in [4.78, 5) is 88.2. The molecule has 65 heavy (non-hydrogen) atoms. The molecular formula is C49H54O16. The molecule has 0 atom stereocenters. The molecule has 2 aliphatic rings. The van der Waals surface area contributed by atoms with E-state index in [1.807, 2.05) is 20.8 Å². The van der Waals surface area contributed by atoms with E-state index in [1.165, 1.54) is 25.3 Å². The molecule has 2 saturated carbocycles. The molecule has 3 aromatic carbocycles. The highest BCUT2D eigenvalue weighted by Gasteiger charge is 2.35. The van der Waals surface area contributed by atoms with Crippen molar-refractivity contribution in [2.75, 3.05) is 20.7 Å². The third-order valence-electron chi connectivity index (χ3n) is 11.1. The van der Waals surface area contributed by atoms with Gasteiger partial charge in [0.15, 0.2) is 0 Å². The fourth-order valence-corrected chi connectivity index (χ4v) is 7.40. The molecule has 346 valence electrons. The zero-order chi connectivity index (χ0) is 47.3. The molecule has 0 heterocycles. The minimum Gasteiger partial charge on any atom is -0.465 e. The van der Waals surface area contributed by atoms with Gasteiger partial charge in [-0.05, 0) is 124 Å². The fourth-order valence-electron chi connectivity index (χ4n) is 7.40. The lowest BCUT2D eigenvalue weighted by molar-refractivity contribution is -0.145. The molecule has 16 heteroatoms. The highest BCUT2D eigenvalue weighted by Crippen LogP contribution is 2.37. The molecule has 5 rings (SSSR count). The van der Waals surface area contributed by atoms with Crippen LogP contribution in [0.15, 0.2) is 79.9 Å². The van der Waals surface area contributed by atoms with Crippen molar-refractivity contribution in [3.05, 3.63) is 96.6 Å². The van der Waals surface area contributed by atoms with Gasteiger partial charge < -0.3 is 42.6 Å². The van der Waals surface area contributed by atoms with E-state index in [9.17, 15) is 33.6 Å². The number of rotatable bonds is 17. The van der Waals surface area contributed by atoms with Crippen LogP contribution in [0.1, 0.15) is 93.6 Å². The van der Waals surface area contributed by atoms with Gasteiger partial charge in [0.05, 0.1) is 30.8 Å². The van der Waals surface area contributed by atoms with Crippen LogP contribution in [0.2, 0.25) is 0 Å². The van der Waals surface area contributed by atoms with Crippen LogP contribution < -0.4 is 28.4 Å². The first-order valence-electron chi connectivity index (χ1n) is 21.2. The topological polar surface area (TPSA) is 203 Å². The van der Waals surface area contributed by atoms with E-state index >= 15 is 0 Å². The fraction of sp³-hybridized carbons (Fsp3) is 0.408. The average Bonchev–Trinajstić information content (AvgIpc) is 3.29. The number of benzene rings is 3. The van der Waals surface area contributed by atoms with Crippen LogP contribution in [0.25, 0.3) is 0 Å². The highest BCUT2D eigenvalue weighted by atomic mass is 16.7. The van der Waals surface area contributed by atoms with Gasteiger partial charge in [0.1, 0.15) is 40.1 Å². The molecule has 0 radical (unpaired) electrons.